The van der Waals surface area contributed by atoms with Gasteiger partial charge in [-0.25, -0.2) is 0 Å². The molecule has 1 aromatic rings. The maximum atomic E-state index is 11.6. The average Bonchev–Trinajstić information content (AvgIpc) is 2.35. The van der Waals surface area contributed by atoms with Gasteiger partial charge in [0.2, 0.25) is 5.91 Å². The molecule has 3 nitrogen and oxygen atoms in total. The van der Waals surface area contributed by atoms with E-state index < -0.39 is 0 Å². The molecule has 1 rings (SSSR count). The van der Waals surface area contributed by atoms with Gasteiger partial charge in [-0.15, -0.1) is 0 Å². The van der Waals surface area contributed by atoms with E-state index in [9.17, 15) is 4.79 Å². The molecule has 0 fully saturated rings. The summed E-state index contributed by atoms with van der Waals surface area (Å²) in [5, 5.41) is 11.6. The van der Waals surface area contributed by atoms with Crippen molar-refractivity contribution in [2.24, 2.45) is 0 Å². The predicted octanol–water partition coefficient (Wildman–Crippen LogP) is 2.74. The second-order valence-corrected chi connectivity index (χ2v) is 4.98. The number of hydrogen-bond donors (Lipinski definition) is 2. The van der Waals surface area contributed by atoms with E-state index in [2.05, 4.69) is 21.2 Å². The molecule has 0 aromatic heterocycles. The number of halogens is 1. The third-order valence-corrected chi connectivity index (χ3v) is 3.23. The molecule has 0 radical (unpaired) electrons. The second kappa shape index (κ2) is 8.06. The number of rotatable bonds is 6. The lowest BCUT2D eigenvalue weighted by molar-refractivity contribution is -0.117. The van der Waals surface area contributed by atoms with Gasteiger partial charge < -0.3 is 10.4 Å². The SMILES string of the molecule is CC(CCCO)NC(=O)/C=C/c1ccccc1Br. The molecule has 18 heavy (non-hydrogen) atoms. The Kier molecular flexibility index (Phi) is 6.68. The fraction of sp³-hybridized carbons (Fsp3) is 0.357. The molecule has 2 N–H and O–H groups in total. The Morgan fingerprint density at radius 2 is 2.22 bits per heavy atom. The average molecular weight is 312 g/mol. The Hall–Kier alpha value is -1.13. The van der Waals surface area contributed by atoms with Crippen LogP contribution in [0, 0.1) is 0 Å². The summed E-state index contributed by atoms with van der Waals surface area (Å²) in [5.41, 5.74) is 0.968. The first-order chi connectivity index (χ1) is 8.63. The number of amides is 1. The van der Waals surface area contributed by atoms with E-state index in [0.29, 0.717) is 6.42 Å². The van der Waals surface area contributed by atoms with Crippen molar-refractivity contribution in [1.82, 2.24) is 5.32 Å². The van der Waals surface area contributed by atoms with Gasteiger partial charge >= 0.3 is 0 Å². The van der Waals surface area contributed by atoms with Crippen LogP contribution in [0.25, 0.3) is 6.08 Å². The van der Waals surface area contributed by atoms with Crippen molar-refractivity contribution in [2.45, 2.75) is 25.8 Å². The first kappa shape index (κ1) is 14.9. The molecule has 0 aliphatic heterocycles. The first-order valence-electron chi connectivity index (χ1n) is 5.97. The zero-order valence-electron chi connectivity index (χ0n) is 10.4. The number of carbonyl (C=O) groups is 1. The molecule has 0 bridgehead atoms. The van der Waals surface area contributed by atoms with Gasteiger partial charge in [-0.05, 0) is 37.5 Å². The van der Waals surface area contributed by atoms with Gasteiger partial charge in [0.1, 0.15) is 0 Å². The summed E-state index contributed by atoms with van der Waals surface area (Å²) in [4.78, 5) is 11.6. The van der Waals surface area contributed by atoms with Crippen molar-refractivity contribution >= 4 is 27.9 Å². The topological polar surface area (TPSA) is 49.3 Å². The minimum atomic E-state index is -0.115. The number of aliphatic hydroxyl groups is 1. The van der Waals surface area contributed by atoms with Crippen LogP contribution in [-0.2, 0) is 4.79 Å². The van der Waals surface area contributed by atoms with Crippen LogP contribution in [0.1, 0.15) is 25.3 Å². The molecule has 0 heterocycles. The van der Waals surface area contributed by atoms with Gasteiger partial charge in [0, 0.05) is 23.2 Å². The van der Waals surface area contributed by atoms with Crippen LogP contribution >= 0.6 is 15.9 Å². The minimum Gasteiger partial charge on any atom is -0.396 e. The van der Waals surface area contributed by atoms with Crippen molar-refractivity contribution < 1.29 is 9.90 Å². The highest BCUT2D eigenvalue weighted by Gasteiger charge is 2.04. The van der Waals surface area contributed by atoms with Crippen LogP contribution < -0.4 is 5.32 Å². The maximum Gasteiger partial charge on any atom is 0.244 e. The Bertz CT molecular complexity index is 418. The van der Waals surface area contributed by atoms with Gasteiger partial charge in [-0.1, -0.05) is 34.1 Å². The maximum absolute atomic E-state index is 11.6. The first-order valence-corrected chi connectivity index (χ1v) is 6.76. The zero-order valence-corrected chi connectivity index (χ0v) is 12.0. The van der Waals surface area contributed by atoms with Crippen LogP contribution in [0.15, 0.2) is 34.8 Å². The summed E-state index contributed by atoms with van der Waals surface area (Å²) < 4.78 is 0.961. The van der Waals surface area contributed by atoms with Gasteiger partial charge in [0.05, 0.1) is 0 Å². The highest BCUT2D eigenvalue weighted by atomic mass is 79.9. The summed E-state index contributed by atoms with van der Waals surface area (Å²) >= 11 is 3.42. The van der Waals surface area contributed by atoms with Gasteiger partial charge in [0.15, 0.2) is 0 Å². The van der Waals surface area contributed by atoms with Crippen molar-refractivity contribution in [2.75, 3.05) is 6.61 Å². The minimum absolute atomic E-state index is 0.0773. The summed E-state index contributed by atoms with van der Waals surface area (Å²) in [5.74, 6) is -0.115. The summed E-state index contributed by atoms with van der Waals surface area (Å²) in [6, 6.07) is 7.79. The molecule has 98 valence electrons. The highest BCUT2D eigenvalue weighted by molar-refractivity contribution is 9.10. The Balaban J connectivity index is 2.47. The van der Waals surface area contributed by atoms with E-state index in [-0.39, 0.29) is 18.6 Å². The quantitative estimate of drug-likeness (QED) is 0.794. The van der Waals surface area contributed by atoms with Crippen LogP contribution in [0.3, 0.4) is 0 Å². The van der Waals surface area contributed by atoms with Gasteiger partial charge in [-0.3, -0.25) is 4.79 Å². The Morgan fingerprint density at radius 3 is 2.89 bits per heavy atom. The molecule has 0 spiro atoms. The molecule has 1 aromatic carbocycles. The molecule has 0 aliphatic rings. The summed E-state index contributed by atoms with van der Waals surface area (Å²) in [7, 11) is 0. The number of benzene rings is 1. The van der Waals surface area contributed by atoms with E-state index in [1.165, 1.54) is 6.08 Å². The Morgan fingerprint density at radius 1 is 1.50 bits per heavy atom. The van der Waals surface area contributed by atoms with E-state index in [4.69, 9.17) is 5.11 Å². The smallest absolute Gasteiger partial charge is 0.244 e. The van der Waals surface area contributed by atoms with E-state index in [1.807, 2.05) is 31.2 Å². The monoisotopic (exact) mass is 311 g/mol. The van der Waals surface area contributed by atoms with Crippen LogP contribution in [0.2, 0.25) is 0 Å². The Labute approximate surface area is 116 Å². The standard InChI is InChI=1S/C14H18BrNO2/c1-11(5-4-10-17)16-14(18)9-8-12-6-2-3-7-13(12)15/h2-3,6-9,11,17H,4-5,10H2,1H3,(H,16,18)/b9-8+. The second-order valence-electron chi connectivity index (χ2n) is 4.13. The van der Waals surface area contributed by atoms with E-state index >= 15 is 0 Å². The van der Waals surface area contributed by atoms with Crippen LogP contribution in [-0.4, -0.2) is 23.7 Å². The molecule has 1 amide bonds. The van der Waals surface area contributed by atoms with Crippen molar-refractivity contribution in [1.29, 1.82) is 0 Å². The number of carbonyl (C=O) groups excluding carboxylic acids is 1. The third kappa shape index (κ3) is 5.47. The highest BCUT2D eigenvalue weighted by Crippen LogP contribution is 2.16. The lowest BCUT2D eigenvalue weighted by atomic mass is 10.2. The molecule has 1 atom stereocenters. The van der Waals surface area contributed by atoms with Crippen LogP contribution in [0.4, 0.5) is 0 Å². The number of hydrogen-bond acceptors (Lipinski definition) is 2. The lowest BCUT2D eigenvalue weighted by Crippen LogP contribution is -2.31. The van der Waals surface area contributed by atoms with Crippen molar-refractivity contribution in [3.63, 3.8) is 0 Å². The predicted molar refractivity (Wildman–Crippen MR) is 77.1 cm³/mol. The molecular formula is C14H18BrNO2. The molecule has 1 unspecified atom stereocenters. The normalized spacial score (nSPS) is 12.6. The summed E-state index contributed by atoms with van der Waals surface area (Å²) in [6.07, 6.45) is 4.79. The van der Waals surface area contributed by atoms with Gasteiger partial charge in [-0.2, -0.15) is 0 Å². The fourth-order valence-electron chi connectivity index (χ4n) is 1.54. The molecule has 4 heteroatoms. The molecule has 0 saturated heterocycles. The van der Waals surface area contributed by atoms with Crippen molar-refractivity contribution in [3.8, 4) is 0 Å². The van der Waals surface area contributed by atoms with Gasteiger partial charge in [0.25, 0.3) is 0 Å². The fourth-order valence-corrected chi connectivity index (χ4v) is 1.95. The number of aliphatic hydroxyl groups excluding tert-OH is 1. The molecule has 0 saturated carbocycles. The lowest BCUT2D eigenvalue weighted by Gasteiger charge is -2.11. The molecular weight excluding hydrogens is 294 g/mol. The van der Waals surface area contributed by atoms with E-state index in [1.54, 1.807) is 6.08 Å². The molecule has 0 aliphatic carbocycles. The zero-order chi connectivity index (χ0) is 13.4. The third-order valence-electron chi connectivity index (χ3n) is 2.50. The van der Waals surface area contributed by atoms with Crippen molar-refractivity contribution in [3.05, 3.63) is 40.4 Å². The largest absolute Gasteiger partial charge is 0.396 e. The van der Waals surface area contributed by atoms with Crippen LogP contribution in [0.5, 0.6) is 0 Å². The van der Waals surface area contributed by atoms with E-state index in [0.717, 1.165) is 16.5 Å². The number of nitrogens with one attached hydrogen (secondary N) is 1. The summed E-state index contributed by atoms with van der Waals surface area (Å²) in [6.45, 7) is 2.09.